The molecule has 0 spiro atoms. The number of nitrogens with one attached hydrogen (secondary N) is 3. The number of hydrogen-bond donors (Lipinski definition) is 3. The minimum absolute atomic E-state index is 0.174. The van der Waals surface area contributed by atoms with Crippen molar-refractivity contribution in [2.75, 3.05) is 6.54 Å². The van der Waals surface area contributed by atoms with Crippen LogP contribution in [0.3, 0.4) is 0 Å². The van der Waals surface area contributed by atoms with Crippen LogP contribution in [-0.4, -0.2) is 30.5 Å². The molecule has 0 heterocycles. The van der Waals surface area contributed by atoms with E-state index in [9.17, 15) is 14.4 Å². The van der Waals surface area contributed by atoms with E-state index in [4.69, 9.17) is 4.74 Å². The molecule has 4 rings (SSSR count). The Bertz CT molecular complexity index is 1330. The molecule has 0 aliphatic heterocycles. The molecule has 0 aliphatic rings. The van der Waals surface area contributed by atoms with E-state index in [2.05, 4.69) is 16.0 Å². The maximum atomic E-state index is 13.7. The Morgan fingerprint density at radius 2 is 1.12 bits per heavy atom. The summed E-state index contributed by atoms with van der Waals surface area (Å²) in [4.78, 5) is 39.2. The predicted molar refractivity (Wildman–Crippen MR) is 159 cm³/mol. The third-order valence-electron chi connectivity index (χ3n) is 6.62. The van der Waals surface area contributed by atoms with Gasteiger partial charge in [-0.1, -0.05) is 121 Å². The zero-order valence-electron chi connectivity index (χ0n) is 22.9. The summed E-state index contributed by atoms with van der Waals surface area (Å²) >= 11 is 0. The average Bonchev–Trinajstić information content (AvgIpc) is 3.02. The van der Waals surface area contributed by atoms with Crippen molar-refractivity contribution in [3.05, 3.63) is 144 Å². The highest BCUT2D eigenvalue weighted by molar-refractivity contribution is 5.92. The molecular weight excluding hydrogens is 514 g/mol. The van der Waals surface area contributed by atoms with Gasteiger partial charge in [0.1, 0.15) is 12.6 Å². The Hall–Kier alpha value is -4.91. The quantitative estimate of drug-likeness (QED) is 0.197. The van der Waals surface area contributed by atoms with Crippen LogP contribution in [0.5, 0.6) is 0 Å². The van der Waals surface area contributed by atoms with Gasteiger partial charge in [-0.3, -0.25) is 9.59 Å². The molecule has 210 valence electrons. The predicted octanol–water partition coefficient (Wildman–Crippen LogP) is 5.33. The van der Waals surface area contributed by atoms with Crippen molar-refractivity contribution in [2.24, 2.45) is 0 Å². The van der Waals surface area contributed by atoms with E-state index in [-0.39, 0.29) is 18.4 Å². The maximum Gasteiger partial charge on any atom is 0.407 e. The molecule has 7 heteroatoms. The fourth-order valence-electron chi connectivity index (χ4n) is 4.49. The van der Waals surface area contributed by atoms with E-state index >= 15 is 0 Å². The minimum Gasteiger partial charge on any atom is -0.445 e. The van der Waals surface area contributed by atoms with Gasteiger partial charge in [-0.2, -0.15) is 0 Å². The van der Waals surface area contributed by atoms with Crippen LogP contribution in [0.2, 0.25) is 0 Å². The van der Waals surface area contributed by atoms with Crippen molar-refractivity contribution in [3.8, 4) is 0 Å². The fraction of sp³-hybridized carbons (Fsp3) is 0.206. The van der Waals surface area contributed by atoms with Crippen molar-refractivity contribution < 1.29 is 19.1 Å². The number of carbonyl (C=O) groups excluding carboxylic acids is 3. The van der Waals surface area contributed by atoms with Crippen molar-refractivity contribution in [2.45, 2.75) is 38.0 Å². The van der Waals surface area contributed by atoms with Crippen molar-refractivity contribution in [1.82, 2.24) is 16.0 Å². The van der Waals surface area contributed by atoms with Crippen LogP contribution in [0.25, 0.3) is 0 Å². The highest BCUT2D eigenvalue weighted by atomic mass is 16.5. The lowest BCUT2D eigenvalue weighted by molar-refractivity contribution is -0.129. The topological polar surface area (TPSA) is 96.5 Å². The number of amides is 3. The highest BCUT2D eigenvalue weighted by Gasteiger charge is 2.27. The second-order valence-corrected chi connectivity index (χ2v) is 9.65. The number of hydrogen-bond acceptors (Lipinski definition) is 4. The molecule has 41 heavy (non-hydrogen) atoms. The second-order valence-electron chi connectivity index (χ2n) is 9.65. The van der Waals surface area contributed by atoms with Gasteiger partial charge in [0, 0.05) is 13.1 Å². The molecule has 0 bridgehead atoms. The smallest absolute Gasteiger partial charge is 0.407 e. The molecule has 3 amide bonds. The zero-order chi connectivity index (χ0) is 28.7. The first-order valence-corrected chi connectivity index (χ1v) is 13.8. The Morgan fingerprint density at radius 3 is 1.68 bits per heavy atom. The van der Waals surface area contributed by atoms with E-state index in [1.165, 1.54) is 0 Å². The van der Waals surface area contributed by atoms with E-state index in [1.54, 1.807) is 0 Å². The molecule has 0 fully saturated rings. The van der Waals surface area contributed by atoms with Gasteiger partial charge < -0.3 is 20.7 Å². The third-order valence-corrected chi connectivity index (χ3v) is 6.62. The molecule has 4 aromatic carbocycles. The van der Waals surface area contributed by atoms with Crippen LogP contribution in [0.1, 0.15) is 41.0 Å². The van der Waals surface area contributed by atoms with Crippen molar-refractivity contribution in [3.63, 3.8) is 0 Å². The van der Waals surface area contributed by atoms with Gasteiger partial charge in [-0.15, -0.1) is 0 Å². The monoisotopic (exact) mass is 549 g/mol. The number of ether oxygens (including phenoxy) is 1. The van der Waals surface area contributed by atoms with Gasteiger partial charge in [0.25, 0.3) is 0 Å². The number of rotatable bonds is 13. The number of alkyl carbamates (subject to hydrolysis) is 1. The van der Waals surface area contributed by atoms with Crippen molar-refractivity contribution >= 4 is 17.9 Å². The molecular formula is C34H35N3O4. The SMILES string of the molecule is O=C(NCCCC(NC(=O)C(c1ccccc1)c1ccccc1)C(=O)NCc1ccccc1)OCc1ccccc1. The van der Waals surface area contributed by atoms with Gasteiger partial charge in [0.15, 0.2) is 0 Å². The van der Waals surface area contributed by atoms with Crippen LogP contribution < -0.4 is 16.0 Å². The molecule has 1 unspecified atom stereocenters. The summed E-state index contributed by atoms with van der Waals surface area (Å²) in [5.74, 6) is -1.13. The van der Waals surface area contributed by atoms with Gasteiger partial charge in [0.05, 0.1) is 5.92 Å². The lowest BCUT2D eigenvalue weighted by atomic mass is 9.90. The molecule has 4 aromatic rings. The van der Waals surface area contributed by atoms with E-state index < -0.39 is 18.1 Å². The molecule has 1 atom stereocenters. The molecule has 0 radical (unpaired) electrons. The standard InChI is InChI=1S/C34H35N3O4/c38-32(36-24-26-14-5-1-6-15-26)30(22-13-23-35-34(40)41-25-27-16-7-2-8-17-27)37-33(39)31(28-18-9-3-10-19-28)29-20-11-4-12-21-29/h1-12,14-21,30-31H,13,22-25H2,(H,35,40)(H,36,38)(H,37,39). The lowest BCUT2D eigenvalue weighted by Crippen LogP contribution is -2.48. The highest BCUT2D eigenvalue weighted by Crippen LogP contribution is 2.25. The maximum absolute atomic E-state index is 13.7. The Kier molecular flexibility index (Phi) is 11.1. The van der Waals surface area contributed by atoms with E-state index in [1.807, 2.05) is 121 Å². The Labute approximate surface area is 240 Å². The first-order valence-electron chi connectivity index (χ1n) is 13.8. The lowest BCUT2D eigenvalue weighted by Gasteiger charge is -2.23. The van der Waals surface area contributed by atoms with Gasteiger partial charge >= 0.3 is 6.09 Å². The van der Waals surface area contributed by atoms with Crippen LogP contribution >= 0.6 is 0 Å². The largest absolute Gasteiger partial charge is 0.445 e. The summed E-state index contributed by atoms with van der Waals surface area (Å²) in [7, 11) is 0. The third kappa shape index (κ3) is 9.35. The van der Waals surface area contributed by atoms with E-state index in [0.29, 0.717) is 25.9 Å². The summed E-state index contributed by atoms with van der Waals surface area (Å²) in [6, 6.07) is 37.3. The summed E-state index contributed by atoms with van der Waals surface area (Å²) in [5.41, 5.74) is 3.53. The van der Waals surface area contributed by atoms with Gasteiger partial charge in [-0.05, 0) is 35.1 Å². The van der Waals surface area contributed by atoms with Crippen molar-refractivity contribution in [1.29, 1.82) is 0 Å². The molecule has 7 nitrogen and oxygen atoms in total. The average molecular weight is 550 g/mol. The van der Waals surface area contributed by atoms with Crippen LogP contribution in [-0.2, 0) is 27.5 Å². The molecule has 0 aromatic heterocycles. The number of benzene rings is 4. The molecule has 0 aliphatic carbocycles. The minimum atomic E-state index is -0.789. The molecule has 0 saturated heterocycles. The normalized spacial score (nSPS) is 11.3. The van der Waals surface area contributed by atoms with Crippen LogP contribution in [0.4, 0.5) is 4.79 Å². The summed E-state index contributed by atoms with van der Waals surface area (Å²) < 4.78 is 5.27. The fourth-order valence-corrected chi connectivity index (χ4v) is 4.49. The number of carbonyl (C=O) groups is 3. The first-order chi connectivity index (χ1) is 20.1. The van der Waals surface area contributed by atoms with Gasteiger partial charge in [-0.25, -0.2) is 4.79 Å². The van der Waals surface area contributed by atoms with Crippen LogP contribution in [0.15, 0.2) is 121 Å². The van der Waals surface area contributed by atoms with Gasteiger partial charge in [0.2, 0.25) is 11.8 Å². The Morgan fingerprint density at radius 1 is 0.610 bits per heavy atom. The first kappa shape index (κ1) is 29.1. The molecule has 0 saturated carbocycles. The van der Waals surface area contributed by atoms with Crippen LogP contribution in [0, 0.1) is 0 Å². The molecule has 3 N–H and O–H groups in total. The Balaban J connectivity index is 1.39. The summed E-state index contributed by atoms with van der Waals surface area (Å²) in [6.07, 6.45) is 0.267. The summed E-state index contributed by atoms with van der Waals surface area (Å²) in [6.45, 7) is 0.817. The zero-order valence-corrected chi connectivity index (χ0v) is 22.9. The second kappa shape index (κ2) is 15.6. The van der Waals surface area contributed by atoms with E-state index in [0.717, 1.165) is 22.3 Å². The summed E-state index contributed by atoms with van der Waals surface area (Å²) in [5, 5.41) is 8.66.